The lowest BCUT2D eigenvalue weighted by Gasteiger charge is -2.48. The lowest BCUT2D eigenvalue weighted by molar-refractivity contribution is -0.137. The van der Waals surface area contributed by atoms with Gasteiger partial charge in [0.25, 0.3) is 5.91 Å². The fourth-order valence-electron chi connectivity index (χ4n) is 5.59. The third-order valence-corrected chi connectivity index (χ3v) is 7.18. The van der Waals surface area contributed by atoms with Crippen LogP contribution in [0.25, 0.3) is 11.5 Å². The number of nitrogens with zero attached hydrogens (tertiary/aromatic N) is 4. The number of alkyl halides is 3. The summed E-state index contributed by atoms with van der Waals surface area (Å²) in [6.07, 6.45) is 2.95. The molecule has 4 unspecified atom stereocenters. The molecule has 3 aromatic rings. The zero-order valence-corrected chi connectivity index (χ0v) is 17.6. The maximum Gasteiger partial charge on any atom is 0.417 e. The molecule has 0 aromatic carbocycles. The van der Waals surface area contributed by atoms with Gasteiger partial charge in [0.1, 0.15) is 17.8 Å². The number of likely N-dealkylation sites (tertiary alicyclic amines) is 1. The SMILES string of the molecule is Cc1cnc(C(=O)N2CC3CC34CC(Nc3ccc(C(F)(F)F)cn3)C24)c(-c2ncco2)c1. The Hall–Kier alpha value is -3.43. The summed E-state index contributed by atoms with van der Waals surface area (Å²) in [6.45, 7) is 2.53. The Balaban J connectivity index is 1.25. The molecule has 3 aromatic heterocycles. The van der Waals surface area contributed by atoms with Crippen molar-refractivity contribution in [2.75, 3.05) is 11.9 Å². The number of halogens is 3. The van der Waals surface area contributed by atoms with Gasteiger partial charge in [0.15, 0.2) is 0 Å². The molecule has 4 atom stereocenters. The molecular weight excluding hydrogens is 435 g/mol. The largest absolute Gasteiger partial charge is 0.444 e. The molecular formula is C23H20F3N5O2. The quantitative estimate of drug-likeness (QED) is 0.636. The van der Waals surface area contributed by atoms with E-state index in [0.29, 0.717) is 29.7 Å². The Morgan fingerprint density at radius 3 is 2.76 bits per heavy atom. The van der Waals surface area contributed by atoms with Crippen molar-refractivity contribution < 1.29 is 22.4 Å². The van der Waals surface area contributed by atoms with Gasteiger partial charge in [-0.25, -0.2) is 15.0 Å². The first-order valence-corrected chi connectivity index (χ1v) is 10.7. The number of anilines is 1. The van der Waals surface area contributed by atoms with Crippen molar-refractivity contribution in [3.63, 3.8) is 0 Å². The molecule has 0 radical (unpaired) electrons. The van der Waals surface area contributed by atoms with Crippen molar-refractivity contribution in [1.82, 2.24) is 19.9 Å². The second-order valence-corrected chi connectivity index (χ2v) is 9.17. The van der Waals surface area contributed by atoms with E-state index in [0.717, 1.165) is 30.7 Å². The van der Waals surface area contributed by atoms with E-state index in [-0.39, 0.29) is 29.1 Å². The fraction of sp³-hybridized carbons (Fsp3) is 0.391. The van der Waals surface area contributed by atoms with Gasteiger partial charge in [0.2, 0.25) is 5.89 Å². The number of aryl methyl sites for hydroxylation is 1. The molecule has 2 aliphatic carbocycles. The Bertz CT molecular complexity index is 1230. The first kappa shape index (κ1) is 20.2. The van der Waals surface area contributed by atoms with Crippen LogP contribution < -0.4 is 5.32 Å². The number of carbonyl (C=O) groups is 1. The van der Waals surface area contributed by atoms with Gasteiger partial charge in [-0.2, -0.15) is 13.2 Å². The molecule has 7 nitrogen and oxygen atoms in total. The number of oxazole rings is 1. The van der Waals surface area contributed by atoms with Crippen molar-refractivity contribution in [2.24, 2.45) is 11.3 Å². The number of rotatable bonds is 4. The second kappa shape index (κ2) is 6.79. The normalized spacial score (nSPS) is 27.5. The molecule has 3 aliphatic rings. The topological polar surface area (TPSA) is 84.2 Å². The monoisotopic (exact) mass is 455 g/mol. The van der Waals surface area contributed by atoms with Gasteiger partial charge in [0, 0.05) is 25.0 Å². The molecule has 10 heteroatoms. The number of carbonyl (C=O) groups excluding carboxylic acids is 1. The third-order valence-electron chi connectivity index (χ3n) is 7.18. The van der Waals surface area contributed by atoms with Crippen molar-refractivity contribution in [1.29, 1.82) is 0 Å². The van der Waals surface area contributed by atoms with Crippen LogP contribution in [-0.2, 0) is 6.18 Å². The van der Waals surface area contributed by atoms with Gasteiger partial charge in [0.05, 0.1) is 23.4 Å². The standard InChI is InChI=1S/C23H20F3N5O2/c1-12-6-15(20-27-4-5-33-20)18(29-9-12)21(32)31-11-14-7-22(14)8-16(19(22)31)30-17-3-2-13(10-28-17)23(24,25)26/h2-6,9-10,14,16,19H,7-8,11H2,1H3,(H,28,30). The number of amides is 1. The first-order valence-electron chi connectivity index (χ1n) is 10.7. The molecule has 1 N–H and O–H groups in total. The molecule has 2 saturated carbocycles. The van der Waals surface area contributed by atoms with Crippen LogP contribution in [0, 0.1) is 18.3 Å². The van der Waals surface area contributed by atoms with E-state index in [4.69, 9.17) is 4.42 Å². The minimum absolute atomic E-state index is 0.0559. The molecule has 0 bridgehead atoms. The molecule has 1 spiro atoms. The van der Waals surface area contributed by atoms with Crippen LogP contribution in [0.2, 0.25) is 0 Å². The minimum atomic E-state index is -4.43. The van der Waals surface area contributed by atoms with Crippen LogP contribution in [0.5, 0.6) is 0 Å². The van der Waals surface area contributed by atoms with Crippen molar-refractivity contribution in [2.45, 2.75) is 38.0 Å². The van der Waals surface area contributed by atoms with Crippen LogP contribution in [0.3, 0.4) is 0 Å². The van der Waals surface area contributed by atoms with E-state index in [2.05, 4.69) is 20.3 Å². The van der Waals surface area contributed by atoms with Crippen LogP contribution in [0.4, 0.5) is 19.0 Å². The average Bonchev–Trinajstić information content (AvgIpc) is 3.14. The number of hydrogen-bond donors (Lipinski definition) is 1. The van der Waals surface area contributed by atoms with Crippen LogP contribution >= 0.6 is 0 Å². The van der Waals surface area contributed by atoms with Crippen molar-refractivity contribution in [3.05, 3.63) is 59.9 Å². The van der Waals surface area contributed by atoms with E-state index in [9.17, 15) is 18.0 Å². The highest BCUT2D eigenvalue weighted by atomic mass is 19.4. The highest BCUT2D eigenvalue weighted by molar-refractivity contribution is 5.99. The van der Waals surface area contributed by atoms with Gasteiger partial charge in [-0.1, -0.05) is 0 Å². The Morgan fingerprint density at radius 2 is 2.06 bits per heavy atom. The number of aromatic nitrogens is 3. The molecule has 4 heterocycles. The summed E-state index contributed by atoms with van der Waals surface area (Å²) >= 11 is 0. The van der Waals surface area contributed by atoms with Gasteiger partial charge < -0.3 is 14.6 Å². The van der Waals surface area contributed by atoms with Crippen LogP contribution in [-0.4, -0.2) is 44.4 Å². The predicted molar refractivity (Wildman–Crippen MR) is 111 cm³/mol. The van der Waals surface area contributed by atoms with E-state index < -0.39 is 11.7 Å². The third kappa shape index (κ3) is 3.11. The van der Waals surface area contributed by atoms with Crippen LogP contribution in [0.1, 0.15) is 34.5 Å². The zero-order valence-electron chi connectivity index (χ0n) is 17.6. The lowest BCUT2D eigenvalue weighted by atomic mass is 9.71. The van der Waals surface area contributed by atoms with Gasteiger partial charge >= 0.3 is 6.18 Å². The minimum Gasteiger partial charge on any atom is -0.444 e. The van der Waals surface area contributed by atoms with E-state index >= 15 is 0 Å². The highest BCUT2D eigenvalue weighted by Gasteiger charge is 2.75. The maximum atomic E-state index is 13.6. The molecule has 1 saturated heterocycles. The molecule has 3 fully saturated rings. The average molecular weight is 455 g/mol. The molecule has 1 amide bonds. The summed E-state index contributed by atoms with van der Waals surface area (Å²) in [7, 11) is 0. The number of hydrogen-bond acceptors (Lipinski definition) is 6. The summed E-state index contributed by atoms with van der Waals surface area (Å²) in [4.78, 5) is 28.0. The molecule has 6 rings (SSSR count). The number of nitrogens with one attached hydrogen (secondary N) is 1. The maximum absolute atomic E-state index is 13.6. The summed E-state index contributed by atoms with van der Waals surface area (Å²) in [5, 5.41) is 3.24. The summed E-state index contributed by atoms with van der Waals surface area (Å²) in [5.74, 6) is 0.964. The Morgan fingerprint density at radius 1 is 1.21 bits per heavy atom. The molecule has 1 aliphatic heterocycles. The number of pyridine rings is 2. The van der Waals surface area contributed by atoms with E-state index in [1.807, 2.05) is 17.9 Å². The highest BCUT2D eigenvalue weighted by Crippen LogP contribution is 2.71. The predicted octanol–water partition coefficient (Wildman–Crippen LogP) is 4.17. The summed E-state index contributed by atoms with van der Waals surface area (Å²) < 4.78 is 43.9. The molecule has 33 heavy (non-hydrogen) atoms. The van der Waals surface area contributed by atoms with Gasteiger partial charge in [-0.3, -0.25) is 4.79 Å². The smallest absolute Gasteiger partial charge is 0.417 e. The van der Waals surface area contributed by atoms with Gasteiger partial charge in [-0.05, 0) is 54.9 Å². The van der Waals surface area contributed by atoms with Gasteiger partial charge in [-0.15, -0.1) is 0 Å². The van der Waals surface area contributed by atoms with E-state index in [1.165, 1.54) is 18.5 Å². The number of piperidine rings is 1. The summed E-state index contributed by atoms with van der Waals surface area (Å²) in [6, 6.07) is 4.05. The summed E-state index contributed by atoms with van der Waals surface area (Å²) in [5.41, 5.74) is 1.03. The Kier molecular flexibility index (Phi) is 4.15. The first-order chi connectivity index (χ1) is 15.8. The fourth-order valence-corrected chi connectivity index (χ4v) is 5.59. The zero-order chi connectivity index (χ0) is 23.0. The van der Waals surface area contributed by atoms with Crippen molar-refractivity contribution in [3.8, 4) is 11.5 Å². The molecule has 170 valence electrons. The Labute approximate surface area is 187 Å². The lowest BCUT2D eigenvalue weighted by Crippen LogP contribution is -2.60. The van der Waals surface area contributed by atoms with E-state index in [1.54, 1.807) is 6.20 Å². The van der Waals surface area contributed by atoms with Crippen LogP contribution in [0.15, 0.2) is 47.5 Å². The van der Waals surface area contributed by atoms with Crippen molar-refractivity contribution >= 4 is 11.7 Å². The second-order valence-electron chi connectivity index (χ2n) is 9.17.